The predicted octanol–water partition coefficient (Wildman–Crippen LogP) is 3.05. The van der Waals surface area contributed by atoms with Crippen LogP contribution in [-0.4, -0.2) is 37.2 Å². The van der Waals surface area contributed by atoms with Gasteiger partial charge in [0.15, 0.2) is 0 Å². The molecule has 2 aliphatic rings. The molecule has 2 aromatic rings. The SMILES string of the molecule is O=C(Nc1cccc2c1CCCC2)c1cc(N2CCOCC2)ccn1. The number of morpholine rings is 1. The van der Waals surface area contributed by atoms with Crippen molar-refractivity contribution < 1.29 is 9.53 Å². The third-order valence-corrected chi connectivity index (χ3v) is 5.00. The lowest BCUT2D eigenvalue weighted by atomic mass is 9.90. The van der Waals surface area contributed by atoms with Crippen molar-refractivity contribution in [2.24, 2.45) is 0 Å². The van der Waals surface area contributed by atoms with Crippen molar-refractivity contribution in [2.75, 3.05) is 36.5 Å². The highest BCUT2D eigenvalue weighted by Gasteiger charge is 2.17. The number of rotatable bonds is 3. The summed E-state index contributed by atoms with van der Waals surface area (Å²) in [6.07, 6.45) is 6.26. The first-order chi connectivity index (χ1) is 12.3. The molecule has 1 amide bonds. The molecule has 1 aromatic heterocycles. The van der Waals surface area contributed by atoms with E-state index in [1.165, 1.54) is 24.0 Å². The predicted molar refractivity (Wildman–Crippen MR) is 98.3 cm³/mol. The molecule has 5 heteroatoms. The Kier molecular flexibility index (Phi) is 4.65. The third kappa shape index (κ3) is 3.51. The van der Waals surface area contributed by atoms with Gasteiger partial charge < -0.3 is 15.0 Å². The first kappa shape index (κ1) is 16.1. The van der Waals surface area contributed by atoms with Crippen LogP contribution in [0.2, 0.25) is 0 Å². The molecule has 0 spiro atoms. The number of amides is 1. The van der Waals surface area contributed by atoms with Crippen molar-refractivity contribution in [3.8, 4) is 0 Å². The van der Waals surface area contributed by atoms with Gasteiger partial charge in [-0.1, -0.05) is 12.1 Å². The molecule has 4 rings (SSSR count). The Morgan fingerprint density at radius 1 is 1.12 bits per heavy atom. The van der Waals surface area contributed by atoms with E-state index in [-0.39, 0.29) is 5.91 Å². The molecule has 1 aliphatic heterocycles. The summed E-state index contributed by atoms with van der Waals surface area (Å²) in [5.74, 6) is -0.144. The molecule has 0 atom stereocenters. The van der Waals surface area contributed by atoms with Crippen LogP contribution in [0.1, 0.15) is 34.5 Å². The Hall–Kier alpha value is -2.40. The fraction of sp³-hybridized carbons (Fsp3) is 0.400. The summed E-state index contributed by atoms with van der Waals surface area (Å²) in [6.45, 7) is 3.13. The van der Waals surface area contributed by atoms with Gasteiger partial charge in [-0.25, -0.2) is 0 Å². The van der Waals surface area contributed by atoms with Crippen molar-refractivity contribution in [3.63, 3.8) is 0 Å². The van der Waals surface area contributed by atoms with Gasteiger partial charge in [0.25, 0.3) is 5.91 Å². The van der Waals surface area contributed by atoms with Crippen LogP contribution < -0.4 is 10.2 Å². The van der Waals surface area contributed by atoms with E-state index in [9.17, 15) is 4.79 Å². The summed E-state index contributed by atoms with van der Waals surface area (Å²) in [6, 6.07) is 10.0. The van der Waals surface area contributed by atoms with E-state index in [0.717, 1.165) is 50.5 Å². The average molecular weight is 337 g/mol. The maximum absolute atomic E-state index is 12.7. The van der Waals surface area contributed by atoms with Crippen LogP contribution in [-0.2, 0) is 17.6 Å². The zero-order chi connectivity index (χ0) is 17.1. The van der Waals surface area contributed by atoms with E-state index >= 15 is 0 Å². The molecule has 1 aromatic carbocycles. The van der Waals surface area contributed by atoms with Crippen LogP contribution in [0.4, 0.5) is 11.4 Å². The van der Waals surface area contributed by atoms with E-state index < -0.39 is 0 Å². The standard InChI is InChI=1S/C20H23N3O2/c24-20(22-18-7-3-5-15-4-1-2-6-17(15)18)19-14-16(8-9-21-19)23-10-12-25-13-11-23/h3,5,7-9,14H,1-2,4,6,10-13H2,(H,22,24). The average Bonchev–Trinajstić information content (AvgIpc) is 2.69. The van der Waals surface area contributed by atoms with Crippen molar-refractivity contribution in [1.29, 1.82) is 0 Å². The quantitative estimate of drug-likeness (QED) is 0.935. The minimum atomic E-state index is -0.144. The maximum Gasteiger partial charge on any atom is 0.274 e. The Morgan fingerprint density at radius 3 is 2.84 bits per heavy atom. The number of fused-ring (bicyclic) bond motifs is 1. The van der Waals surface area contributed by atoms with Gasteiger partial charge in [-0.05, 0) is 55.0 Å². The molecule has 0 bridgehead atoms. The number of ether oxygens (including phenoxy) is 1. The summed E-state index contributed by atoms with van der Waals surface area (Å²) in [4.78, 5) is 19.2. The molecule has 0 saturated carbocycles. The Balaban J connectivity index is 1.54. The Bertz CT molecular complexity index is 769. The number of aryl methyl sites for hydroxylation is 1. The normalized spacial score (nSPS) is 17.0. The molecule has 25 heavy (non-hydrogen) atoms. The second kappa shape index (κ2) is 7.23. The van der Waals surface area contributed by atoms with Gasteiger partial charge in [0, 0.05) is 30.7 Å². The zero-order valence-corrected chi connectivity index (χ0v) is 14.3. The monoisotopic (exact) mass is 337 g/mol. The number of hydrogen-bond donors (Lipinski definition) is 1. The smallest absolute Gasteiger partial charge is 0.274 e. The first-order valence-electron chi connectivity index (χ1n) is 9.02. The zero-order valence-electron chi connectivity index (χ0n) is 14.3. The summed E-state index contributed by atoms with van der Waals surface area (Å²) < 4.78 is 5.39. The van der Waals surface area contributed by atoms with E-state index in [0.29, 0.717) is 5.69 Å². The summed E-state index contributed by atoms with van der Waals surface area (Å²) in [7, 11) is 0. The highest BCUT2D eigenvalue weighted by Crippen LogP contribution is 2.28. The molecule has 0 unspecified atom stereocenters. The summed E-state index contributed by atoms with van der Waals surface area (Å²) >= 11 is 0. The highest BCUT2D eigenvalue weighted by molar-refractivity contribution is 6.03. The van der Waals surface area contributed by atoms with Gasteiger partial charge in [-0.3, -0.25) is 9.78 Å². The Labute approximate surface area is 148 Å². The van der Waals surface area contributed by atoms with Gasteiger partial charge >= 0.3 is 0 Å². The number of carbonyl (C=O) groups is 1. The number of pyridine rings is 1. The van der Waals surface area contributed by atoms with Gasteiger partial charge in [-0.2, -0.15) is 0 Å². The van der Waals surface area contributed by atoms with Crippen molar-refractivity contribution in [1.82, 2.24) is 4.98 Å². The fourth-order valence-corrected chi connectivity index (χ4v) is 3.65. The van der Waals surface area contributed by atoms with E-state index in [2.05, 4.69) is 21.3 Å². The fourth-order valence-electron chi connectivity index (χ4n) is 3.65. The van der Waals surface area contributed by atoms with Gasteiger partial charge in [0.05, 0.1) is 13.2 Å². The minimum Gasteiger partial charge on any atom is -0.378 e. The molecular formula is C20H23N3O2. The molecule has 1 N–H and O–H groups in total. The molecular weight excluding hydrogens is 314 g/mol. The lowest BCUT2D eigenvalue weighted by Crippen LogP contribution is -2.36. The van der Waals surface area contributed by atoms with Crippen molar-refractivity contribution >= 4 is 17.3 Å². The molecule has 130 valence electrons. The van der Waals surface area contributed by atoms with Crippen LogP contribution in [0.25, 0.3) is 0 Å². The molecule has 5 nitrogen and oxygen atoms in total. The minimum absolute atomic E-state index is 0.144. The van der Waals surface area contributed by atoms with Crippen LogP contribution >= 0.6 is 0 Å². The largest absolute Gasteiger partial charge is 0.378 e. The van der Waals surface area contributed by atoms with E-state index in [1.807, 2.05) is 24.3 Å². The highest BCUT2D eigenvalue weighted by atomic mass is 16.5. The molecule has 1 fully saturated rings. The third-order valence-electron chi connectivity index (χ3n) is 5.00. The molecule has 1 aliphatic carbocycles. The number of carbonyl (C=O) groups excluding carboxylic acids is 1. The number of nitrogens with one attached hydrogen (secondary N) is 1. The van der Waals surface area contributed by atoms with Crippen LogP contribution in [0.5, 0.6) is 0 Å². The second-order valence-electron chi connectivity index (χ2n) is 6.60. The molecule has 0 radical (unpaired) electrons. The lowest BCUT2D eigenvalue weighted by molar-refractivity contribution is 0.102. The summed E-state index contributed by atoms with van der Waals surface area (Å²) in [5.41, 5.74) is 5.06. The van der Waals surface area contributed by atoms with Crippen LogP contribution in [0.15, 0.2) is 36.5 Å². The number of anilines is 2. The molecule has 1 saturated heterocycles. The lowest BCUT2D eigenvalue weighted by Gasteiger charge is -2.28. The van der Waals surface area contributed by atoms with E-state index in [1.54, 1.807) is 6.20 Å². The summed E-state index contributed by atoms with van der Waals surface area (Å²) in [5, 5.41) is 3.07. The topological polar surface area (TPSA) is 54.5 Å². The van der Waals surface area contributed by atoms with Crippen molar-refractivity contribution in [3.05, 3.63) is 53.3 Å². The van der Waals surface area contributed by atoms with Crippen LogP contribution in [0.3, 0.4) is 0 Å². The Morgan fingerprint density at radius 2 is 1.96 bits per heavy atom. The number of hydrogen-bond acceptors (Lipinski definition) is 4. The number of benzene rings is 1. The first-order valence-corrected chi connectivity index (χ1v) is 9.02. The number of nitrogens with zero attached hydrogens (tertiary/aromatic N) is 2. The van der Waals surface area contributed by atoms with Gasteiger partial charge in [0.1, 0.15) is 5.69 Å². The second-order valence-corrected chi connectivity index (χ2v) is 6.60. The van der Waals surface area contributed by atoms with Crippen LogP contribution in [0, 0.1) is 0 Å². The maximum atomic E-state index is 12.7. The van der Waals surface area contributed by atoms with Gasteiger partial charge in [0.2, 0.25) is 0 Å². The van der Waals surface area contributed by atoms with Gasteiger partial charge in [-0.15, -0.1) is 0 Å². The molecule has 2 heterocycles. The van der Waals surface area contributed by atoms with E-state index in [4.69, 9.17) is 4.74 Å². The number of aromatic nitrogens is 1. The van der Waals surface area contributed by atoms with Crippen molar-refractivity contribution in [2.45, 2.75) is 25.7 Å².